The number of aromatic nitrogens is 2. The summed E-state index contributed by atoms with van der Waals surface area (Å²) in [5.41, 5.74) is 0.882. The third-order valence-electron chi connectivity index (χ3n) is 5.79. The van der Waals surface area contributed by atoms with E-state index in [0.29, 0.717) is 23.1 Å². The van der Waals surface area contributed by atoms with Crippen molar-refractivity contribution in [2.75, 3.05) is 31.1 Å². The van der Waals surface area contributed by atoms with Crippen LogP contribution >= 0.6 is 24.0 Å². The molecule has 12 heteroatoms. The lowest BCUT2D eigenvalue weighted by Gasteiger charge is -2.36. The Bertz CT molecular complexity index is 1370. The van der Waals surface area contributed by atoms with E-state index in [0.717, 1.165) is 17.3 Å². The van der Waals surface area contributed by atoms with Crippen LogP contribution in [0.3, 0.4) is 0 Å². The highest BCUT2D eigenvalue weighted by molar-refractivity contribution is 8.26. The van der Waals surface area contributed by atoms with E-state index >= 15 is 0 Å². The van der Waals surface area contributed by atoms with Gasteiger partial charge in [0.15, 0.2) is 0 Å². The summed E-state index contributed by atoms with van der Waals surface area (Å²) in [4.78, 5) is 59.9. The van der Waals surface area contributed by atoms with Crippen LogP contribution in [0.4, 0.5) is 5.82 Å². The second-order valence-electron chi connectivity index (χ2n) is 8.13. The summed E-state index contributed by atoms with van der Waals surface area (Å²) in [6.45, 7) is 8.20. The van der Waals surface area contributed by atoms with Crippen molar-refractivity contribution in [2.24, 2.45) is 0 Å². The maximum absolute atomic E-state index is 13.7. The minimum Gasteiger partial charge on any atom is -0.466 e. The van der Waals surface area contributed by atoms with Gasteiger partial charge in [0.25, 0.3) is 11.5 Å². The molecular formula is C24H25N5O5S2. The van der Waals surface area contributed by atoms with Crippen LogP contribution in [0.15, 0.2) is 40.7 Å². The van der Waals surface area contributed by atoms with Crippen LogP contribution < -0.4 is 15.8 Å². The molecule has 0 bridgehead atoms. The number of esters is 1. The van der Waals surface area contributed by atoms with E-state index < -0.39 is 17.6 Å². The van der Waals surface area contributed by atoms with Crippen LogP contribution in [0.2, 0.25) is 0 Å². The van der Waals surface area contributed by atoms with Crippen LogP contribution in [0.5, 0.6) is 0 Å². The predicted octanol–water partition coefficient (Wildman–Crippen LogP) is 1.65. The van der Waals surface area contributed by atoms with Gasteiger partial charge in [-0.3, -0.25) is 28.5 Å². The smallest absolute Gasteiger partial charge is 0.308 e. The average Bonchev–Trinajstić information content (AvgIpc) is 3.10. The molecule has 2 saturated heterocycles. The van der Waals surface area contributed by atoms with E-state index in [-0.39, 0.29) is 47.7 Å². The first-order valence-corrected chi connectivity index (χ1v) is 12.6. The van der Waals surface area contributed by atoms with Gasteiger partial charge in [0, 0.05) is 25.8 Å². The summed E-state index contributed by atoms with van der Waals surface area (Å²) < 4.78 is 6.83. The first-order chi connectivity index (χ1) is 17.3. The Morgan fingerprint density at radius 3 is 2.89 bits per heavy atom. The van der Waals surface area contributed by atoms with E-state index in [1.165, 1.54) is 15.4 Å². The molecule has 2 aliphatic heterocycles. The van der Waals surface area contributed by atoms with Crippen LogP contribution in [-0.4, -0.2) is 68.7 Å². The molecule has 0 radical (unpaired) electrons. The van der Waals surface area contributed by atoms with E-state index in [9.17, 15) is 19.2 Å². The molecule has 0 saturated carbocycles. The minimum absolute atomic E-state index is 0.126. The SMILES string of the molecule is C=CCN1C(=O)/C(=C/c2c(N3CCNC(=O)[C@H]3CC(=O)OCC)nc3c(C)cccn3c2=O)SC1=S. The molecule has 1 N–H and O–H groups in total. The number of carbonyl (C=O) groups excluding carboxylic acids is 3. The summed E-state index contributed by atoms with van der Waals surface area (Å²) in [6, 6.07) is 2.62. The van der Waals surface area contributed by atoms with Crippen molar-refractivity contribution in [3.05, 3.63) is 57.4 Å². The second-order valence-corrected chi connectivity index (χ2v) is 9.81. The number of anilines is 1. The Morgan fingerprint density at radius 1 is 1.39 bits per heavy atom. The first kappa shape index (κ1) is 25.6. The standard InChI is InChI=1S/C24H25N5O5S2/c1-4-9-29-23(33)17(36-24(29)35)12-15-20(26-19-14(3)7-6-10-28(19)22(15)32)27-11-8-25-21(31)16(27)13-18(30)34-5-2/h4,6-7,10,12,16H,1,5,8-9,11,13H2,2-3H3,(H,25,31)/b17-12-/t16-/m1/s1. The molecule has 2 aliphatic rings. The fourth-order valence-electron chi connectivity index (χ4n) is 4.11. The van der Waals surface area contributed by atoms with E-state index in [1.54, 1.807) is 30.2 Å². The second kappa shape index (κ2) is 10.6. The number of thiocarbonyl (C=S) groups is 1. The quantitative estimate of drug-likeness (QED) is 0.249. The Balaban J connectivity index is 1.90. The van der Waals surface area contributed by atoms with E-state index in [4.69, 9.17) is 21.9 Å². The van der Waals surface area contributed by atoms with Crippen molar-refractivity contribution in [3.63, 3.8) is 0 Å². The summed E-state index contributed by atoms with van der Waals surface area (Å²) >= 11 is 6.41. The molecule has 2 fully saturated rings. The molecule has 2 aromatic rings. The zero-order chi connectivity index (χ0) is 26.0. The zero-order valence-corrected chi connectivity index (χ0v) is 21.5. The first-order valence-electron chi connectivity index (χ1n) is 11.3. The van der Waals surface area contributed by atoms with Gasteiger partial charge in [-0.15, -0.1) is 6.58 Å². The lowest BCUT2D eigenvalue weighted by atomic mass is 10.1. The number of hydrogen-bond acceptors (Lipinski definition) is 9. The van der Waals surface area contributed by atoms with Gasteiger partial charge < -0.3 is 15.0 Å². The molecule has 0 aliphatic carbocycles. The molecule has 2 aromatic heterocycles. The van der Waals surface area contributed by atoms with Gasteiger partial charge in [-0.2, -0.15) is 0 Å². The lowest BCUT2D eigenvalue weighted by molar-refractivity contribution is -0.145. The highest BCUT2D eigenvalue weighted by Gasteiger charge is 2.36. The molecule has 1 atom stereocenters. The number of carbonyl (C=O) groups is 3. The number of aryl methyl sites for hydroxylation is 1. The molecule has 0 aromatic carbocycles. The molecule has 4 heterocycles. The molecule has 0 unspecified atom stereocenters. The van der Waals surface area contributed by atoms with Crippen molar-refractivity contribution < 1.29 is 19.1 Å². The molecule has 2 amide bonds. The highest BCUT2D eigenvalue weighted by atomic mass is 32.2. The molecule has 10 nitrogen and oxygen atoms in total. The monoisotopic (exact) mass is 527 g/mol. The molecule has 188 valence electrons. The molecular weight excluding hydrogens is 502 g/mol. The van der Waals surface area contributed by atoms with Crippen molar-refractivity contribution in [1.82, 2.24) is 19.6 Å². The number of nitrogens with zero attached hydrogens (tertiary/aromatic N) is 4. The third kappa shape index (κ3) is 4.78. The number of fused-ring (bicyclic) bond motifs is 1. The number of pyridine rings is 1. The highest BCUT2D eigenvalue weighted by Crippen LogP contribution is 2.34. The summed E-state index contributed by atoms with van der Waals surface area (Å²) in [5, 5.41) is 2.76. The Morgan fingerprint density at radius 2 is 2.17 bits per heavy atom. The van der Waals surface area contributed by atoms with Crippen molar-refractivity contribution in [1.29, 1.82) is 0 Å². The number of nitrogens with one attached hydrogen (secondary N) is 1. The van der Waals surface area contributed by atoms with Crippen LogP contribution in [0, 0.1) is 6.92 Å². The number of ether oxygens (including phenoxy) is 1. The normalized spacial score (nSPS) is 19.2. The largest absolute Gasteiger partial charge is 0.466 e. The van der Waals surface area contributed by atoms with Gasteiger partial charge >= 0.3 is 5.97 Å². The topological polar surface area (TPSA) is 113 Å². The number of piperazine rings is 1. The van der Waals surface area contributed by atoms with Crippen molar-refractivity contribution in [3.8, 4) is 0 Å². The van der Waals surface area contributed by atoms with Gasteiger partial charge in [-0.05, 0) is 31.6 Å². The van der Waals surface area contributed by atoms with Gasteiger partial charge in [0.05, 0.1) is 23.5 Å². The Kier molecular flexibility index (Phi) is 7.55. The number of amides is 2. The van der Waals surface area contributed by atoms with Gasteiger partial charge in [0.2, 0.25) is 5.91 Å². The van der Waals surface area contributed by atoms with E-state index in [2.05, 4.69) is 11.9 Å². The van der Waals surface area contributed by atoms with Gasteiger partial charge in [-0.25, -0.2) is 4.98 Å². The van der Waals surface area contributed by atoms with Crippen LogP contribution in [0.25, 0.3) is 11.7 Å². The minimum atomic E-state index is -0.932. The molecule has 0 spiro atoms. The zero-order valence-electron chi connectivity index (χ0n) is 19.9. The summed E-state index contributed by atoms with van der Waals surface area (Å²) in [7, 11) is 0. The molecule has 4 rings (SSSR count). The van der Waals surface area contributed by atoms with Crippen molar-refractivity contribution in [2.45, 2.75) is 26.3 Å². The molecule has 36 heavy (non-hydrogen) atoms. The lowest BCUT2D eigenvalue weighted by Crippen LogP contribution is -2.57. The van der Waals surface area contributed by atoms with Crippen LogP contribution in [0.1, 0.15) is 24.5 Å². The van der Waals surface area contributed by atoms with Crippen LogP contribution in [-0.2, 0) is 19.1 Å². The number of thioether (sulfide) groups is 1. The maximum atomic E-state index is 13.7. The predicted molar refractivity (Wildman–Crippen MR) is 142 cm³/mol. The van der Waals surface area contributed by atoms with Gasteiger partial charge in [0.1, 0.15) is 21.8 Å². The average molecular weight is 528 g/mol. The fraction of sp³-hybridized carbons (Fsp3) is 0.333. The Hall–Kier alpha value is -3.51. The summed E-state index contributed by atoms with van der Waals surface area (Å²) in [5.74, 6) is -1.04. The van der Waals surface area contributed by atoms with Crippen molar-refractivity contribution >= 4 is 63.6 Å². The Labute approximate surface area is 217 Å². The summed E-state index contributed by atoms with van der Waals surface area (Å²) in [6.07, 6.45) is 4.42. The fourth-order valence-corrected chi connectivity index (χ4v) is 5.37. The van der Waals surface area contributed by atoms with E-state index in [1.807, 2.05) is 13.0 Å². The third-order valence-corrected chi connectivity index (χ3v) is 7.17. The maximum Gasteiger partial charge on any atom is 0.308 e. The number of rotatable bonds is 7. The number of hydrogen-bond donors (Lipinski definition) is 1. The van der Waals surface area contributed by atoms with Gasteiger partial charge in [-0.1, -0.05) is 36.1 Å².